The van der Waals surface area contributed by atoms with Gasteiger partial charge >= 0.3 is 0 Å². The van der Waals surface area contributed by atoms with Crippen LogP contribution in [0.15, 0.2) is 223 Å². The Hall–Kier alpha value is -7.75. The second kappa shape index (κ2) is 14.1. The largest absolute Gasteiger partial charge is 0.435 e. The third-order valence-electron chi connectivity index (χ3n) is 11.3. The number of para-hydroxylation sites is 1. The third kappa shape index (κ3) is 5.80. The standard InChI is InChI=1S/C55H36N2O/c1-4-15-37(16-5-1)42-22-14-23-43(35-42)38-27-31-45(32-28-38)57(50-26-13-12-24-46(50)39-17-6-2-7-18-39)51-36-44-21-10-11-25-47(44)53-48(51)33-29-40-30-34-49-54(52(40)53)58-55(56-49)41-19-8-3-9-20-41/h1-36H. The second-order valence-electron chi connectivity index (χ2n) is 14.7. The Morgan fingerprint density at radius 2 is 0.966 bits per heavy atom. The summed E-state index contributed by atoms with van der Waals surface area (Å²) >= 11 is 0. The van der Waals surface area contributed by atoms with Crippen LogP contribution in [0.25, 0.3) is 88.3 Å². The highest BCUT2D eigenvalue weighted by atomic mass is 16.3. The molecule has 10 aromatic carbocycles. The van der Waals surface area contributed by atoms with Gasteiger partial charge in [0, 0.05) is 33.0 Å². The van der Waals surface area contributed by atoms with E-state index in [4.69, 9.17) is 9.40 Å². The Balaban J connectivity index is 1.16. The molecular weight excluding hydrogens is 705 g/mol. The number of aromatic nitrogens is 1. The molecular formula is C55H36N2O. The lowest BCUT2D eigenvalue weighted by Crippen LogP contribution is -2.12. The monoisotopic (exact) mass is 740 g/mol. The number of oxazole rings is 1. The Morgan fingerprint density at radius 1 is 0.362 bits per heavy atom. The maximum Gasteiger partial charge on any atom is 0.227 e. The van der Waals surface area contributed by atoms with E-state index in [0.717, 1.165) is 77.3 Å². The average Bonchev–Trinajstić information content (AvgIpc) is 3.75. The molecule has 0 aliphatic carbocycles. The third-order valence-corrected chi connectivity index (χ3v) is 11.3. The molecule has 0 saturated carbocycles. The normalized spacial score (nSPS) is 11.4. The number of anilines is 3. The predicted octanol–water partition coefficient (Wildman–Crippen LogP) is 15.4. The van der Waals surface area contributed by atoms with E-state index < -0.39 is 0 Å². The van der Waals surface area contributed by atoms with E-state index in [1.54, 1.807) is 0 Å². The van der Waals surface area contributed by atoms with E-state index in [1.807, 2.05) is 30.3 Å². The highest BCUT2D eigenvalue weighted by Crippen LogP contribution is 2.48. The topological polar surface area (TPSA) is 29.3 Å². The number of nitrogens with zero attached hydrogens (tertiary/aromatic N) is 2. The number of hydrogen-bond donors (Lipinski definition) is 0. The molecule has 0 bridgehead atoms. The van der Waals surface area contributed by atoms with Crippen molar-refractivity contribution in [1.29, 1.82) is 0 Å². The van der Waals surface area contributed by atoms with Crippen LogP contribution in [0.3, 0.4) is 0 Å². The zero-order valence-electron chi connectivity index (χ0n) is 31.6. The Bertz CT molecular complexity index is 3260. The van der Waals surface area contributed by atoms with Gasteiger partial charge in [-0.3, -0.25) is 0 Å². The number of hydrogen-bond acceptors (Lipinski definition) is 3. The maximum absolute atomic E-state index is 6.74. The van der Waals surface area contributed by atoms with E-state index in [0.29, 0.717) is 5.89 Å². The summed E-state index contributed by atoms with van der Waals surface area (Å²) in [6.07, 6.45) is 0. The second-order valence-corrected chi connectivity index (χ2v) is 14.7. The van der Waals surface area contributed by atoms with Crippen LogP contribution >= 0.6 is 0 Å². The van der Waals surface area contributed by atoms with Crippen molar-refractivity contribution in [3.05, 3.63) is 218 Å². The van der Waals surface area contributed by atoms with Crippen molar-refractivity contribution in [3.63, 3.8) is 0 Å². The quantitative estimate of drug-likeness (QED) is 0.152. The number of rotatable bonds is 7. The molecule has 0 fully saturated rings. The van der Waals surface area contributed by atoms with E-state index in [-0.39, 0.29) is 0 Å². The van der Waals surface area contributed by atoms with Gasteiger partial charge in [0.2, 0.25) is 5.89 Å². The summed E-state index contributed by atoms with van der Waals surface area (Å²) in [5.41, 5.74) is 12.9. The van der Waals surface area contributed by atoms with Gasteiger partial charge in [-0.1, -0.05) is 170 Å². The summed E-state index contributed by atoms with van der Waals surface area (Å²) in [5.74, 6) is 0.619. The van der Waals surface area contributed by atoms with E-state index in [2.05, 4.69) is 193 Å². The molecule has 0 radical (unpaired) electrons. The van der Waals surface area contributed by atoms with Crippen LogP contribution in [-0.2, 0) is 0 Å². The highest BCUT2D eigenvalue weighted by molar-refractivity contribution is 6.29. The van der Waals surface area contributed by atoms with Crippen molar-refractivity contribution in [2.75, 3.05) is 4.90 Å². The molecule has 3 heteroatoms. The molecule has 0 saturated heterocycles. The van der Waals surface area contributed by atoms with Crippen LogP contribution in [0, 0.1) is 0 Å². The highest BCUT2D eigenvalue weighted by Gasteiger charge is 2.23. The van der Waals surface area contributed by atoms with E-state index in [1.165, 1.54) is 22.1 Å². The molecule has 3 nitrogen and oxygen atoms in total. The van der Waals surface area contributed by atoms with Gasteiger partial charge in [-0.2, -0.15) is 0 Å². The fourth-order valence-corrected chi connectivity index (χ4v) is 8.50. The SMILES string of the molecule is c1ccc(-c2cccc(-c3ccc(N(c4ccccc4-c4ccccc4)c4cc5ccccc5c5c4ccc4ccc6nc(-c7ccccc7)oc6c45)cc3)c2)cc1. The molecule has 11 aromatic rings. The maximum atomic E-state index is 6.74. The summed E-state index contributed by atoms with van der Waals surface area (Å²) in [4.78, 5) is 7.43. The molecule has 0 aliphatic rings. The van der Waals surface area contributed by atoms with Crippen LogP contribution in [0.2, 0.25) is 0 Å². The van der Waals surface area contributed by atoms with Crippen LogP contribution < -0.4 is 4.90 Å². The lowest BCUT2D eigenvalue weighted by atomic mass is 9.93. The molecule has 1 aromatic heterocycles. The van der Waals surface area contributed by atoms with Gasteiger partial charge in [0.1, 0.15) is 5.52 Å². The molecule has 0 unspecified atom stereocenters. The zero-order chi connectivity index (χ0) is 38.4. The van der Waals surface area contributed by atoms with Gasteiger partial charge in [0.15, 0.2) is 5.58 Å². The lowest BCUT2D eigenvalue weighted by Gasteiger charge is -2.30. The summed E-state index contributed by atoms with van der Waals surface area (Å²) in [7, 11) is 0. The smallest absolute Gasteiger partial charge is 0.227 e. The Labute approximate surface area is 336 Å². The van der Waals surface area contributed by atoms with E-state index in [9.17, 15) is 0 Å². The van der Waals surface area contributed by atoms with Crippen molar-refractivity contribution in [2.24, 2.45) is 0 Å². The molecule has 58 heavy (non-hydrogen) atoms. The number of fused-ring (bicyclic) bond motifs is 7. The summed E-state index contributed by atoms with van der Waals surface area (Å²) in [6.45, 7) is 0. The van der Waals surface area contributed by atoms with Crippen molar-refractivity contribution in [1.82, 2.24) is 4.98 Å². The van der Waals surface area contributed by atoms with Crippen molar-refractivity contribution < 1.29 is 4.42 Å². The summed E-state index contributed by atoms with van der Waals surface area (Å²) in [6, 6.07) is 77.8. The van der Waals surface area contributed by atoms with Crippen molar-refractivity contribution >= 4 is 60.5 Å². The molecule has 0 atom stereocenters. The minimum Gasteiger partial charge on any atom is -0.435 e. The molecule has 0 N–H and O–H groups in total. The number of benzene rings is 10. The van der Waals surface area contributed by atoms with Gasteiger partial charge in [0.05, 0.1) is 11.4 Å². The molecule has 0 aliphatic heterocycles. The Kier molecular flexibility index (Phi) is 8.15. The van der Waals surface area contributed by atoms with Crippen molar-refractivity contribution in [2.45, 2.75) is 0 Å². The fraction of sp³-hybridized carbons (Fsp3) is 0. The lowest BCUT2D eigenvalue weighted by molar-refractivity contribution is 0.623. The van der Waals surface area contributed by atoms with Crippen LogP contribution in [0.4, 0.5) is 17.1 Å². The average molecular weight is 741 g/mol. The minimum atomic E-state index is 0.619. The first-order valence-electron chi connectivity index (χ1n) is 19.7. The van der Waals surface area contributed by atoms with E-state index >= 15 is 0 Å². The van der Waals surface area contributed by atoms with Gasteiger partial charge in [0.25, 0.3) is 0 Å². The first-order chi connectivity index (χ1) is 28.8. The van der Waals surface area contributed by atoms with Gasteiger partial charge in [-0.15, -0.1) is 0 Å². The predicted molar refractivity (Wildman–Crippen MR) is 243 cm³/mol. The van der Waals surface area contributed by atoms with Gasteiger partial charge in [-0.25, -0.2) is 4.98 Å². The van der Waals surface area contributed by atoms with Crippen LogP contribution in [-0.4, -0.2) is 4.98 Å². The zero-order valence-corrected chi connectivity index (χ0v) is 31.6. The molecule has 11 rings (SSSR count). The first kappa shape index (κ1) is 33.6. The first-order valence-corrected chi connectivity index (χ1v) is 19.7. The van der Waals surface area contributed by atoms with Crippen molar-refractivity contribution in [3.8, 4) is 44.8 Å². The minimum absolute atomic E-state index is 0.619. The van der Waals surface area contributed by atoms with Crippen LogP contribution in [0.1, 0.15) is 0 Å². The van der Waals surface area contributed by atoms with Crippen LogP contribution in [0.5, 0.6) is 0 Å². The van der Waals surface area contributed by atoms with Gasteiger partial charge in [-0.05, 0) is 92.5 Å². The van der Waals surface area contributed by atoms with Gasteiger partial charge < -0.3 is 9.32 Å². The summed E-state index contributed by atoms with van der Waals surface area (Å²) in [5, 5.41) is 6.75. The molecule has 1 heterocycles. The Morgan fingerprint density at radius 3 is 1.72 bits per heavy atom. The molecule has 0 amide bonds. The fourth-order valence-electron chi connectivity index (χ4n) is 8.50. The summed E-state index contributed by atoms with van der Waals surface area (Å²) < 4.78 is 6.74. The molecule has 272 valence electrons. The molecule has 0 spiro atoms.